The summed E-state index contributed by atoms with van der Waals surface area (Å²) < 4.78 is 121. The standard InChI is InChI=1S/C32H20F8O/c1-2-3-17-4-6-19(7-5-17)23-14-20-10-13-24(29(36)27(20)31(38)28(23)35)32(39,40)41-22-11-8-18(9-12-22)21-15-25(33)30(37)26(34)16-21/h4-16H,2-3H2,1H3. The highest BCUT2D eigenvalue weighted by molar-refractivity contribution is 5.89. The van der Waals surface area contributed by atoms with Gasteiger partial charge < -0.3 is 4.74 Å². The lowest BCUT2D eigenvalue weighted by Gasteiger charge is -2.20. The van der Waals surface area contributed by atoms with Gasteiger partial charge in [-0.3, -0.25) is 0 Å². The van der Waals surface area contributed by atoms with E-state index in [9.17, 15) is 13.2 Å². The molecule has 0 saturated heterocycles. The lowest BCUT2D eigenvalue weighted by Crippen LogP contribution is -2.23. The molecule has 0 unspecified atom stereocenters. The fourth-order valence-corrected chi connectivity index (χ4v) is 4.60. The van der Waals surface area contributed by atoms with Crippen LogP contribution in [0.2, 0.25) is 0 Å². The van der Waals surface area contributed by atoms with E-state index in [0.717, 1.165) is 54.8 Å². The Hall–Kier alpha value is -4.40. The summed E-state index contributed by atoms with van der Waals surface area (Å²) in [7, 11) is 0. The van der Waals surface area contributed by atoms with E-state index in [-0.39, 0.29) is 22.1 Å². The van der Waals surface area contributed by atoms with E-state index >= 15 is 22.0 Å². The molecule has 0 atom stereocenters. The van der Waals surface area contributed by atoms with Crippen molar-refractivity contribution in [3.05, 3.63) is 125 Å². The van der Waals surface area contributed by atoms with E-state index in [1.54, 1.807) is 24.3 Å². The molecule has 9 heteroatoms. The van der Waals surface area contributed by atoms with Crippen LogP contribution in [0.1, 0.15) is 24.5 Å². The molecular formula is C32H20F8O. The van der Waals surface area contributed by atoms with E-state index in [2.05, 4.69) is 4.74 Å². The second-order valence-electron chi connectivity index (χ2n) is 9.42. The molecule has 0 saturated carbocycles. The van der Waals surface area contributed by atoms with Gasteiger partial charge in [0.1, 0.15) is 17.1 Å². The van der Waals surface area contributed by atoms with Gasteiger partial charge in [0, 0.05) is 5.56 Å². The molecule has 5 aromatic carbocycles. The van der Waals surface area contributed by atoms with Crippen molar-refractivity contribution >= 4 is 10.8 Å². The smallest absolute Gasteiger partial charge is 0.429 e. The average molecular weight is 572 g/mol. The highest BCUT2D eigenvalue weighted by atomic mass is 19.3. The molecule has 0 aromatic heterocycles. The number of hydrogen-bond donors (Lipinski definition) is 0. The van der Waals surface area contributed by atoms with Crippen LogP contribution in [0, 0.1) is 34.9 Å². The van der Waals surface area contributed by atoms with E-state index in [1.807, 2.05) is 6.92 Å². The molecule has 0 heterocycles. The van der Waals surface area contributed by atoms with Crippen LogP contribution in [-0.2, 0) is 12.5 Å². The van der Waals surface area contributed by atoms with Gasteiger partial charge in [-0.25, -0.2) is 26.3 Å². The van der Waals surface area contributed by atoms with Crippen molar-refractivity contribution in [2.75, 3.05) is 0 Å². The second kappa shape index (κ2) is 10.9. The number of aryl methyl sites for hydroxylation is 1. The first kappa shape index (κ1) is 28.1. The van der Waals surface area contributed by atoms with Crippen molar-refractivity contribution in [2.24, 2.45) is 0 Å². The van der Waals surface area contributed by atoms with Crippen LogP contribution in [0.3, 0.4) is 0 Å². The van der Waals surface area contributed by atoms with Crippen LogP contribution in [0.15, 0.2) is 78.9 Å². The molecule has 0 radical (unpaired) electrons. The van der Waals surface area contributed by atoms with Gasteiger partial charge >= 0.3 is 6.11 Å². The van der Waals surface area contributed by atoms with Crippen molar-refractivity contribution in [3.63, 3.8) is 0 Å². The molecular weight excluding hydrogens is 552 g/mol. The molecule has 0 amide bonds. The third kappa shape index (κ3) is 5.36. The molecule has 0 spiro atoms. The van der Waals surface area contributed by atoms with Crippen LogP contribution >= 0.6 is 0 Å². The summed E-state index contributed by atoms with van der Waals surface area (Å²) in [5.41, 5.74) is -0.0294. The van der Waals surface area contributed by atoms with Gasteiger partial charge in [0.15, 0.2) is 29.1 Å². The summed E-state index contributed by atoms with van der Waals surface area (Å²) in [5, 5.41) is -1.08. The number of fused-ring (bicyclic) bond motifs is 1. The van der Waals surface area contributed by atoms with E-state index in [1.165, 1.54) is 18.2 Å². The normalized spacial score (nSPS) is 11.7. The summed E-state index contributed by atoms with van der Waals surface area (Å²) in [4.78, 5) is 0. The Bertz CT molecular complexity index is 1720. The predicted molar refractivity (Wildman–Crippen MR) is 140 cm³/mol. The van der Waals surface area contributed by atoms with E-state index in [0.29, 0.717) is 5.56 Å². The highest BCUT2D eigenvalue weighted by Gasteiger charge is 2.39. The molecule has 1 nitrogen and oxygen atoms in total. The molecule has 0 aliphatic heterocycles. The minimum absolute atomic E-state index is 0.0611. The number of hydrogen-bond acceptors (Lipinski definition) is 1. The maximum Gasteiger partial charge on any atom is 0.429 e. The van der Waals surface area contributed by atoms with Crippen LogP contribution in [0.4, 0.5) is 35.1 Å². The number of ether oxygens (including phenoxy) is 1. The third-order valence-corrected chi connectivity index (χ3v) is 6.66. The summed E-state index contributed by atoms with van der Waals surface area (Å²) >= 11 is 0. The fourth-order valence-electron chi connectivity index (χ4n) is 4.60. The Labute approximate surface area is 229 Å². The summed E-state index contributed by atoms with van der Waals surface area (Å²) in [6.07, 6.45) is -2.61. The molecule has 0 fully saturated rings. The lowest BCUT2D eigenvalue weighted by atomic mass is 9.96. The number of benzene rings is 5. The van der Waals surface area contributed by atoms with Gasteiger partial charge in [-0.2, -0.15) is 8.78 Å². The van der Waals surface area contributed by atoms with Gasteiger partial charge in [0.2, 0.25) is 0 Å². The first-order valence-corrected chi connectivity index (χ1v) is 12.5. The molecule has 0 aliphatic rings. The molecule has 210 valence electrons. The zero-order valence-corrected chi connectivity index (χ0v) is 21.4. The zero-order valence-electron chi connectivity index (χ0n) is 21.4. The Balaban J connectivity index is 1.45. The minimum atomic E-state index is -4.31. The molecule has 0 bridgehead atoms. The van der Waals surface area contributed by atoms with Crippen molar-refractivity contribution in [1.29, 1.82) is 0 Å². The van der Waals surface area contributed by atoms with Crippen LogP contribution in [0.5, 0.6) is 5.75 Å². The molecule has 0 N–H and O–H groups in total. The number of halogens is 8. The first-order valence-electron chi connectivity index (χ1n) is 12.5. The van der Waals surface area contributed by atoms with Crippen LogP contribution < -0.4 is 4.74 Å². The summed E-state index contributed by atoms with van der Waals surface area (Å²) in [6.45, 7) is 2.00. The van der Waals surface area contributed by atoms with Crippen molar-refractivity contribution in [1.82, 2.24) is 0 Å². The predicted octanol–water partition coefficient (Wildman–Crippen LogP) is 10.1. The van der Waals surface area contributed by atoms with Crippen LogP contribution in [0.25, 0.3) is 33.0 Å². The van der Waals surface area contributed by atoms with Crippen molar-refractivity contribution < 1.29 is 39.9 Å². The first-order chi connectivity index (χ1) is 19.5. The van der Waals surface area contributed by atoms with Gasteiger partial charge in [-0.15, -0.1) is 0 Å². The Morgan fingerprint density at radius 3 is 1.83 bits per heavy atom. The van der Waals surface area contributed by atoms with Crippen molar-refractivity contribution in [2.45, 2.75) is 25.9 Å². The minimum Gasteiger partial charge on any atom is -0.429 e. The van der Waals surface area contributed by atoms with Crippen molar-refractivity contribution in [3.8, 4) is 28.0 Å². The third-order valence-electron chi connectivity index (χ3n) is 6.66. The van der Waals surface area contributed by atoms with E-state index < -0.39 is 57.7 Å². The Kier molecular flexibility index (Phi) is 7.46. The number of alkyl halides is 2. The molecule has 0 aliphatic carbocycles. The van der Waals surface area contributed by atoms with Gasteiger partial charge in [0.25, 0.3) is 0 Å². The molecule has 5 aromatic rings. The summed E-state index contributed by atoms with van der Waals surface area (Å²) in [5.74, 6) is -9.67. The quantitative estimate of drug-likeness (QED) is 0.139. The maximum atomic E-state index is 15.3. The fraction of sp³-hybridized carbons (Fsp3) is 0.125. The second-order valence-corrected chi connectivity index (χ2v) is 9.42. The molecule has 5 rings (SSSR count). The van der Waals surface area contributed by atoms with Crippen LogP contribution in [-0.4, -0.2) is 0 Å². The molecule has 41 heavy (non-hydrogen) atoms. The van der Waals surface area contributed by atoms with Gasteiger partial charge in [-0.05, 0) is 70.5 Å². The SMILES string of the molecule is CCCc1ccc(-c2cc3ccc(C(F)(F)Oc4ccc(-c5cc(F)c(F)c(F)c5)cc4)c(F)c3c(F)c2F)cc1. The Morgan fingerprint density at radius 2 is 1.22 bits per heavy atom. The van der Waals surface area contributed by atoms with Gasteiger partial charge in [0.05, 0.1) is 5.39 Å². The monoisotopic (exact) mass is 572 g/mol. The topological polar surface area (TPSA) is 9.23 Å². The average Bonchev–Trinajstić information content (AvgIpc) is 2.94. The zero-order chi connectivity index (χ0) is 29.5. The lowest BCUT2D eigenvalue weighted by molar-refractivity contribution is -0.187. The highest BCUT2D eigenvalue weighted by Crippen LogP contribution is 2.39. The largest absolute Gasteiger partial charge is 0.429 e. The van der Waals surface area contributed by atoms with Gasteiger partial charge in [-0.1, -0.05) is 55.8 Å². The summed E-state index contributed by atoms with van der Waals surface area (Å²) in [6, 6.07) is 15.6. The maximum absolute atomic E-state index is 15.3. The number of rotatable bonds is 7. The Morgan fingerprint density at radius 1 is 0.610 bits per heavy atom. The van der Waals surface area contributed by atoms with E-state index in [4.69, 9.17) is 0 Å².